The molecule has 0 aliphatic carbocycles. The molecule has 0 fully saturated rings. The van der Waals surface area contributed by atoms with Crippen LogP contribution in [-0.2, 0) is 4.84 Å². The minimum Gasteiger partial charge on any atom is -0.734 e. The maximum absolute atomic E-state index is 10.8. The fraction of sp³-hybridized carbons (Fsp3) is 0.429. The molecule has 0 unspecified atom stereocenters. The number of hydrogen-bond acceptors (Lipinski definition) is 4. The first-order chi connectivity index (χ1) is 5.61. The average molecular weight is 171 g/mol. The Kier molecular flexibility index (Phi) is 5.11. The smallest absolute Gasteiger partial charge is 0.118 e. The highest BCUT2D eigenvalue weighted by Crippen LogP contribution is 2.03. The van der Waals surface area contributed by atoms with Crippen LogP contribution in [0.5, 0.6) is 0 Å². The van der Waals surface area contributed by atoms with E-state index in [4.69, 9.17) is 5.84 Å². The Hall–Kier alpha value is -1.04. The van der Waals surface area contributed by atoms with E-state index in [9.17, 15) is 5.21 Å². The molecule has 5 nitrogen and oxygen atoms in total. The molecule has 0 saturated heterocycles. The number of allylic oxidation sites excluding steroid dienone is 3. The van der Waals surface area contributed by atoms with Gasteiger partial charge >= 0.3 is 0 Å². The Morgan fingerprint density at radius 3 is 2.50 bits per heavy atom. The van der Waals surface area contributed by atoms with Gasteiger partial charge in [0.25, 0.3) is 0 Å². The van der Waals surface area contributed by atoms with Crippen LogP contribution in [0.15, 0.2) is 24.1 Å². The Morgan fingerprint density at radius 2 is 2.08 bits per heavy atom. The fourth-order valence-electron chi connectivity index (χ4n) is 0.416. The number of nitrogens with one attached hydrogen (secondary N) is 1. The van der Waals surface area contributed by atoms with Crippen molar-refractivity contribution in [1.82, 2.24) is 10.5 Å². The third-order valence-electron chi connectivity index (χ3n) is 1.09. The van der Waals surface area contributed by atoms with Crippen molar-refractivity contribution < 1.29 is 4.84 Å². The summed E-state index contributed by atoms with van der Waals surface area (Å²) in [4.78, 5) is 4.64. The van der Waals surface area contributed by atoms with E-state index >= 15 is 0 Å². The van der Waals surface area contributed by atoms with E-state index in [-0.39, 0.29) is 5.34 Å². The molecule has 5 heteroatoms. The topological polar surface area (TPSA) is 62.6 Å². The Morgan fingerprint density at radius 1 is 1.50 bits per heavy atom. The zero-order chi connectivity index (χ0) is 9.56. The third kappa shape index (κ3) is 3.97. The van der Waals surface area contributed by atoms with Gasteiger partial charge in [-0.2, -0.15) is 0 Å². The third-order valence-corrected chi connectivity index (χ3v) is 1.09. The lowest BCUT2D eigenvalue weighted by Gasteiger charge is -2.41. The minimum atomic E-state index is 0.0787. The molecule has 0 atom stereocenters. The summed E-state index contributed by atoms with van der Waals surface area (Å²) >= 11 is 0. The van der Waals surface area contributed by atoms with Crippen molar-refractivity contribution in [1.29, 1.82) is 0 Å². The molecule has 0 rings (SSSR count). The van der Waals surface area contributed by atoms with Crippen LogP contribution in [-0.4, -0.2) is 10.5 Å². The molecular formula is C7H13N3O2-2. The van der Waals surface area contributed by atoms with Crippen LogP contribution in [0.1, 0.15) is 20.8 Å². The van der Waals surface area contributed by atoms with E-state index in [1.807, 2.05) is 0 Å². The summed E-state index contributed by atoms with van der Waals surface area (Å²) in [6, 6.07) is 0. The van der Waals surface area contributed by atoms with Gasteiger partial charge in [-0.25, -0.2) is 0 Å². The molecular weight excluding hydrogens is 158 g/mol. The molecule has 0 aromatic heterocycles. The zero-order valence-corrected chi connectivity index (χ0v) is 7.44. The van der Waals surface area contributed by atoms with E-state index in [1.165, 1.54) is 6.20 Å². The molecule has 0 aromatic carbocycles. The van der Waals surface area contributed by atoms with Crippen molar-refractivity contribution >= 4 is 0 Å². The van der Waals surface area contributed by atoms with Gasteiger partial charge in [0.1, 0.15) is 5.76 Å². The molecule has 0 amide bonds. The van der Waals surface area contributed by atoms with Crippen LogP contribution in [0.2, 0.25) is 0 Å². The largest absolute Gasteiger partial charge is 0.734 e. The molecule has 0 aromatic rings. The number of rotatable bonds is 4. The first-order valence-electron chi connectivity index (χ1n) is 3.53. The summed E-state index contributed by atoms with van der Waals surface area (Å²) in [5.41, 5.74) is 0. The molecule has 0 aliphatic heterocycles. The van der Waals surface area contributed by atoms with E-state index in [1.54, 1.807) is 32.9 Å². The molecule has 0 bridgehead atoms. The van der Waals surface area contributed by atoms with Crippen molar-refractivity contribution in [3.8, 4) is 0 Å². The first kappa shape index (κ1) is 11.0. The van der Waals surface area contributed by atoms with Crippen molar-refractivity contribution in [3.63, 3.8) is 0 Å². The predicted molar refractivity (Wildman–Crippen MR) is 46.7 cm³/mol. The Bertz CT molecular complexity index is 179. The minimum absolute atomic E-state index is 0.0787. The van der Waals surface area contributed by atoms with Crippen molar-refractivity contribution in [2.45, 2.75) is 20.8 Å². The van der Waals surface area contributed by atoms with E-state index in [0.29, 0.717) is 10.9 Å². The second kappa shape index (κ2) is 5.59. The van der Waals surface area contributed by atoms with Gasteiger partial charge in [-0.1, -0.05) is 6.08 Å². The van der Waals surface area contributed by atoms with Gasteiger partial charge in [0, 0.05) is 0 Å². The van der Waals surface area contributed by atoms with Gasteiger partial charge in [0.15, 0.2) is 0 Å². The monoisotopic (exact) mass is 171 g/mol. The summed E-state index contributed by atoms with van der Waals surface area (Å²) in [5, 5.41) is 11.5. The van der Waals surface area contributed by atoms with Gasteiger partial charge in [-0.05, 0) is 33.0 Å². The molecule has 1 N–H and O–H groups in total. The summed E-state index contributed by atoms with van der Waals surface area (Å²) < 4.78 is 0. The second-order valence-electron chi connectivity index (χ2n) is 2.06. The summed E-state index contributed by atoms with van der Waals surface area (Å²) in [6.45, 7) is 5.08. The highest BCUT2D eigenvalue weighted by molar-refractivity contribution is 4.84. The van der Waals surface area contributed by atoms with Crippen LogP contribution in [0.4, 0.5) is 0 Å². The van der Waals surface area contributed by atoms with Crippen LogP contribution in [0, 0.1) is 5.21 Å². The lowest BCUT2D eigenvalue weighted by molar-refractivity contribution is -0.180. The van der Waals surface area contributed by atoms with E-state index in [2.05, 4.69) is 4.84 Å². The predicted octanol–water partition coefficient (Wildman–Crippen LogP) is 2.36. The van der Waals surface area contributed by atoms with Gasteiger partial charge in [0.2, 0.25) is 0 Å². The fourth-order valence-corrected chi connectivity index (χ4v) is 0.416. The lowest BCUT2D eigenvalue weighted by Crippen LogP contribution is -2.27. The van der Waals surface area contributed by atoms with Crippen LogP contribution >= 0.6 is 0 Å². The molecule has 0 saturated carbocycles. The first-order valence-corrected chi connectivity index (χ1v) is 3.53. The zero-order valence-electron chi connectivity index (χ0n) is 7.44. The van der Waals surface area contributed by atoms with Crippen molar-refractivity contribution in [3.05, 3.63) is 35.2 Å². The van der Waals surface area contributed by atoms with E-state index in [0.717, 1.165) is 0 Å². The number of hydrazine groups is 1. The van der Waals surface area contributed by atoms with Gasteiger partial charge in [-0.15, -0.1) is 5.34 Å². The lowest BCUT2D eigenvalue weighted by atomic mass is 10.5. The van der Waals surface area contributed by atoms with Gasteiger partial charge in [-0.3, -0.25) is 0 Å². The Balaban J connectivity index is 3.94. The van der Waals surface area contributed by atoms with Crippen molar-refractivity contribution in [2.75, 3.05) is 0 Å². The standard InChI is InChI=1S/C7H13N3O2/c1-4-6-9(8)10(11)12-7(3)5-2/h4-6,8H,1-3H3/q-2/b6-4-,7-5+. The number of hydrogen-bond donors (Lipinski definition) is 0. The molecule has 12 heavy (non-hydrogen) atoms. The van der Waals surface area contributed by atoms with Crippen LogP contribution < -0.4 is 0 Å². The average Bonchev–Trinajstić information content (AvgIpc) is 2.04. The summed E-state index contributed by atoms with van der Waals surface area (Å²) in [6.07, 6.45) is 4.47. The normalized spacial score (nSPS) is 12.7. The van der Waals surface area contributed by atoms with Gasteiger partial charge < -0.3 is 21.0 Å². The van der Waals surface area contributed by atoms with E-state index < -0.39 is 0 Å². The molecule has 70 valence electrons. The maximum Gasteiger partial charge on any atom is 0.118 e. The Labute approximate surface area is 72.2 Å². The summed E-state index contributed by atoms with van der Waals surface area (Å²) in [5.74, 6) is 7.50. The molecule has 0 aliphatic rings. The maximum atomic E-state index is 10.8. The molecule has 0 spiro atoms. The summed E-state index contributed by atoms with van der Waals surface area (Å²) in [7, 11) is 0. The number of nitrogens with zero attached hydrogens (tertiary/aromatic N) is 2. The molecule has 0 radical (unpaired) electrons. The quantitative estimate of drug-likeness (QED) is 0.481. The molecule has 0 heterocycles. The van der Waals surface area contributed by atoms with Crippen molar-refractivity contribution in [2.24, 2.45) is 0 Å². The van der Waals surface area contributed by atoms with Gasteiger partial charge in [0.05, 0.1) is 0 Å². The highest BCUT2D eigenvalue weighted by Gasteiger charge is 1.90. The second-order valence-corrected chi connectivity index (χ2v) is 2.06. The van der Waals surface area contributed by atoms with Crippen LogP contribution in [0.25, 0.3) is 5.84 Å². The SMILES string of the molecule is C/C=C\N([NH-])N([O-])O/C(C)=C/C. The van der Waals surface area contributed by atoms with Crippen LogP contribution in [0.3, 0.4) is 0 Å². The highest BCUT2D eigenvalue weighted by atomic mass is 16.9.